The number of ether oxygens (including phenoxy) is 3. The van der Waals surface area contributed by atoms with Gasteiger partial charge in [0.25, 0.3) is 0 Å². The normalized spacial score (nSPS) is 10.6. The Morgan fingerprint density at radius 2 is 1.86 bits per heavy atom. The fourth-order valence-corrected chi connectivity index (χ4v) is 3.19. The van der Waals surface area contributed by atoms with Crippen LogP contribution < -0.4 is 25.0 Å². The van der Waals surface area contributed by atoms with Gasteiger partial charge < -0.3 is 19.5 Å². The molecule has 0 saturated heterocycles. The predicted octanol–water partition coefficient (Wildman–Crippen LogP) is 4.50. The second kappa shape index (κ2) is 11.9. The van der Waals surface area contributed by atoms with Gasteiger partial charge in [0.05, 0.1) is 17.8 Å². The molecule has 2 N–H and O–H groups in total. The summed E-state index contributed by atoms with van der Waals surface area (Å²) >= 11 is 12.0. The Morgan fingerprint density at radius 1 is 1.14 bits per heavy atom. The van der Waals surface area contributed by atoms with Crippen molar-refractivity contribution in [2.75, 3.05) is 26.9 Å². The van der Waals surface area contributed by atoms with Crippen LogP contribution >= 0.6 is 44.1 Å². The monoisotopic (exact) mass is 529 g/mol. The van der Waals surface area contributed by atoms with Crippen molar-refractivity contribution in [1.29, 1.82) is 0 Å². The Hall–Kier alpha value is -1.84. The maximum absolute atomic E-state index is 5.84. The minimum absolute atomic E-state index is 0.372. The lowest BCUT2D eigenvalue weighted by Gasteiger charge is -2.14. The second-order valence-electron chi connectivity index (χ2n) is 5.41. The maximum atomic E-state index is 5.84. The van der Waals surface area contributed by atoms with Crippen molar-refractivity contribution in [1.82, 2.24) is 10.7 Å². The average Bonchev–Trinajstić information content (AvgIpc) is 2.67. The van der Waals surface area contributed by atoms with Crippen LogP contribution in [0.25, 0.3) is 0 Å². The van der Waals surface area contributed by atoms with Crippen LogP contribution in [0.1, 0.15) is 12.5 Å². The first-order valence-electron chi connectivity index (χ1n) is 8.49. The van der Waals surface area contributed by atoms with E-state index in [0.717, 1.165) is 26.8 Å². The van der Waals surface area contributed by atoms with Gasteiger partial charge in [0.2, 0.25) is 0 Å². The SMILES string of the molecule is CCNC(=S)N/N=C\c1cc(Br)c(OCCOc2ccc(Br)cc2)c(OC)c1. The molecule has 9 heteroatoms. The quantitative estimate of drug-likeness (QED) is 0.215. The summed E-state index contributed by atoms with van der Waals surface area (Å²) < 4.78 is 18.7. The molecule has 2 aromatic carbocycles. The molecule has 0 aliphatic rings. The number of thiocarbonyl (C=S) groups is 1. The highest BCUT2D eigenvalue weighted by molar-refractivity contribution is 9.10. The molecule has 0 bridgehead atoms. The highest BCUT2D eigenvalue weighted by atomic mass is 79.9. The van der Waals surface area contributed by atoms with Crippen molar-refractivity contribution in [3.63, 3.8) is 0 Å². The van der Waals surface area contributed by atoms with Crippen molar-refractivity contribution in [3.05, 3.63) is 50.9 Å². The third kappa shape index (κ3) is 7.29. The Balaban J connectivity index is 1.93. The summed E-state index contributed by atoms with van der Waals surface area (Å²) in [6.07, 6.45) is 1.65. The van der Waals surface area contributed by atoms with E-state index < -0.39 is 0 Å². The van der Waals surface area contributed by atoms with Crippen LogP contribution in [-0.2, 0) is 0 Å². The Labute approximate surface area is 186 Å². The molecule has 0 unspecified atom stereocenters. The number of nitrogens with zero attached hydrogens (tertiary/aromatic N) is 1. The predicted molar refractivity (Wildman–Crippen MR) is 123 cm³/mol. The zero-order valence-corrected chi connectivity index (χ0v) is 19.5. The number of methoxy groups -OCH3 is 1. The second-order valence-corrected chi connectivity index (χ2v) is 7.59. The largest absolute Gasteiger partial charge is 0.493 e. The zero-order chi connectivity index (χ0) is 20.4. The minimum atomic E-state index is 0.372. The first-order valence-corrected chi connectivity index (χ1v) is 10.5. The van der Waals surface area contributed by atoms with E-state index in [2.05, 4.69) is 47.7 Å². The highest BCUT2D eigenvalue weighted by Crippen LogP contribution is 2.36. The Morgan fingerprint density at radius 3 is 2.54 bits per heavy atom. The zero-order valence-electron chi connectivity index (χ0n) is 15.5. The molecule has 0 fully saturated rings. The summed E-state index contributed by atoms with van der Waals surface area (Å²) in [4.78, 5) is 0. The van der Waals surface area contributed by atoms with Crippen molar-refractivity contribution in [2.45, 2.75) is 6.92 Å². The van der Waals surface area contributed by atoms with Gasteiger partial charge in [-0.1, -0.05) is 15.9 Å². The van der Waals surface area contributed by atoms with E-state index in [4.69, 9.17) is 26.4 Å². The molecular formula is C19H21Br2N3O3S. The standard InChI is InChI=1S/C19H21Br2N3O3S/c1-3-22-19(28)24-23-12-13-10-16(21)18(17(11-13)25-2)27-9-8-26-15-6-4-14(20)5-7-15/h4-7,10-12H,3,8-9H2,1-2H3,(H2,22,24,28)/b23-12-. The minimum Gasteiger partial charge on any atom is -0.493 e. The lowest BCUT2D eigenvalue weighted by Crippen LogP contribution is -2.31. The molecule has 28 heavy (non-hydrogen) atoms. The molecule has 0 amide bonds. The van der Waals surface area contributed by atoms with Crippen molar-refractivity contribution in [2.24, 2.45) is 5.10 Å². The van der Waals surface area contributed by atoms with Gasteiger partial charge in [-0.15, -0.1) is 0 Å². The third-order valence-corrected chi connectivity index (χ3v) is 4.73. The van der Waals surface area contributed by atoms with E-state index in [1.807, 2.05) is 43.3 Å². The van der Waals surface area contributed by atoms with E-state index in [1.165, 1.54) is 0 Å². The summed E-state index contributed by atoms with van der Waals surface area (Å²) in [7, 11) is 1.59. The molecule has 2 aromatic rings. The van der Waals surface area contributed by atoms with Gasteiger partial charge >= 0.3 is 0 Å². The molecule has 0 atom stereocenters. The number of hydrazone groups is 1. The van der Waals surface area contributed by atoms with Crippen LogP contribution in [0.4, 0.5) is 0 Å². The van der Waals surface area contributed by atoms with E-state index in [9.17, 15) is 0 Å². The smallest absolute Gasteiger partial charge is 0.186 e. The third-order valence-electron chi connectivity index (χ3n) is 3.38. The van der Waals surface area contributed by atoms with Crippen LogP contribution in [0.5, 0.6) is 17.2 Å². The number of halogens is 2. The molecule has 0 spiro atoms. The van der Waals surface area contributed by atoms with E-state index in [0.29, 0.717) is 29.8 Å². The fourth-order valence-electron chi connectivity index (χ4n) is 2.15. The Bertz CT molecular complexity index is 817. The molecule has 2 rings (SSSR count). The lowest BCUT2D eigenvalue weighted by atomic mass is 10.2. The van der Waals surface area contributed by atoms with Crippen molar-refractivity contribution in [3.8, 4) is 17.2 Å². The van der Waals surface area contributed by atoms with Crippen LogP contribution in [-0.4, -0.2) is 38.2 Å². The molecule has 0 saturated carbocycles. The van der Waals surface area contributed by atoms with E-state index in [1.54, 1.807) is 13.3 Å². The topological polar surface area (TPSA) is 64.1 Å². The highest BCUT2D eigenvalue weighted by Gasteiger charge is 2.11. The average molecular weight is 531 g/mol. The van der Waals surface area contributed by atoms with Crippen molar-refractivity contribution >= 4 is 55.4 Å². The molecule has 0 aromatic heterocycles. The molecule has 0 aliphatic carbocycles. The summed E-state index contributed by atoms with van der Waals surface area (Å²) in [6.45, 7) is 3.48. The van der Waals surface area contributed by atoms with E-state index in [-0.39, 0.29) is 0 Å². The van der Waals surface area contributed by atoms with Gasteiger partial charge in [-0.25, -0.2) is 0 Å². The maximum Gasteiger partial charge on any atom is 0.186 e. The van der Waals surface area contributed by atoms with Gasteiger partial charge in [-0.05, 0) is 77.0 Å². The van der Waals surface area contributed by atoms with Gasteiger partial charge in [0.15, 0.2) is 16.6 Å². The number of benzene rings is 2. The Kier molecular flexibility index (Phi) is 9.52. The molecule has 0 aliphatic heterocycles. The van der Waals surface area contributed by atoms with Crippen LogP contribution in [0.2, 0.25) is 0 Å². The first-order chi connectivity index (χ1) is 13.5. The van der Waals surface area contributed by atoms with Crippen LogP contribution in [0.3, 0.4) is 0 Å². The van der Waals surface area contributed by atoms with Gasteiger partial charge in [-0.2, -0.15) is 5.10 Å². The van der Waals surface area contributed by atoms with Gasteiger partial charge in [0, 0.05) is 11.0 Å². The molecule has 150 valence electrons. The molecular weight excluding hydrogens is 510 g/mol. The first kappa shape index (κ1) is 22.4. The van der Waals surface area contributed by atoms with Gasteiger partial charge in [-0.3, -0.25) is 5.43 Å². The molecule has 0 radical (unpaired) electrons. The number of hydrogen-bond donors (Lipinski definition) is 2. The summed E-state index contributed by atoms with van der Waals surface area (Å²) in [5, 5.41) is 7.53. The summed E-state index contributed by atoms with van der Waals surface area (Å²) in [5.74, 6) is 1.98. The van der Waals surface area contributed by atoms with E-state index >= 15 is 0 Å². The summed E-state index contributed by atoms with van der Waals surface area (Å²) in [5.41, 5.74) is 3.58. The number of hydrogen-bond acceptors (Lipinski definition) is 5. The number of nitrogens with one attached hydrogen (secondary N) is 2. The summed E-state index contributed by atoms with van der Waals surface area (Å²) in [6, 6.07) is 11.4. The molecule has 0 heterocycles. The number of rotatable bonds is 9. The van der Waals surface area contributed by atoms with Crippen molar-refractivity contribution < 1.29 is 14.2 Å². The fraction of sp³-hybridized carbons (Fsp3) is 0.263. The van der Waals surface area contributed by atoms with Crippen LogP contribution in [0, 0.1) is 0 Å². The lowest BCUT2D eigenvalue weighted by molar-refractivity contribution is 0.210. The van der Waals surface area contributed by atoms with Gasteiger partial charge in [0.1, 0.15) is 19.0 Å². The molecule has 6 nitrogen and oxygen atoms in total. The van der Waals surface area contributed by atoms with Crippen LogP contribution in [0.15, 0.2) is 50.4 Å².